The van der Waals surface area contributed by atoms with E-state index in [0.717, 1.165) is 33.2 Å². The minimum atomic E-state index is 0.344. The van der Waals surface area contributed by atoms with Gasteiger partial charge in [0.15, 0.2) is 5.13 Å². The summed E-state index contributed by atoms with van der Waals surface area (Å²) in [5.41, 5.74) is 1.00. The average molecular weight is 323 g/mol. The van der Waals surface area contributed by atoms with E-state index in [1.165, 1.54) is 4.88 Å². The van der Waals surface area contributed by atoms with Crippen LogP contribution >= 0.6 is 34.3 Å². The second-order valence-corrected chi connectivity index (χ2v) is 7.08. The number of aromatic nitrogens is 1. The quantitative estimate of drug-likeness (QED) is 0.626. The van der Waals surface area contributed by atoms with Crippen LogP contribution in [0.5, 0.6) is 0 Å². The molecule has 0 amide bonds. The molecule has 0 saturated heterocycles. The van der Waals surface area contributed by atoms with Crippen LogP contribution in [0.2, 0.25) is 5.02 Å². The summed E-state index contributed by atoms with van der Waals surface area (Å²) < 4.78 is 1.13. The molecule has 0 aliphatic rings. The summed E-state index contributed by atoms with van der Waals surface area (Å²) in [7, 11) is 0. The van der Waals surface area contributed by atoms with Gasteiger partial charge in [0.1, 0.15) is 0 Å². The van der Waals surface area contributed by atoms with E-state index in [0.29, 0.717) is 6.04 Å². The summed E-state index contributed by atoms with van der Waals surface area (Å²) in [5.74, 6) is 0. The van der Waals surface area contributed by atoms with Crippen LogP contribution in [-0.4, -0.2) is 4.98 Å². The van der Waals surface area contributed by atoms with Crippen LogP contribution in [0.1, 0.15) is 30.7 Å². The number of benzene rings is 1. The van der Waals surface area contributed by atoms with Gasteiger partial charge in [0.25, 0.3) is 0 Å². The third-order valence-electron chi connectivity index (χ3n) is 3.11. The van der Waals surface area contributed by atoms with Crippen LogP contribution in [-0.2, 0) is 0 Å². The molecule has 1 unspecified atom stereocenters. The van der Waals surface area contributed by atoms with Crippen molar-refractivity contribution in [2.75, 3.05) is 5.32 Å². The smallest absolute Gasteiger partial charge is 0.184 e. The van der Waals surface area contributed by atoms with E-state index >= 15 is 0 Å². The topological polar surface area (TPSA) is 24.9 Å². The number of thiophene rings is 1. The lowest BCUT2D eigenvalue weighted by molar-refractivity contribution is 0.687. The Bertz CT molecular complexity index is 691. The maximum atomic E-state index is 6.02. The fraction of sp³-hybridized carbons (Fsp3) is 0.267. The molecular weight excluding hydrogens is 308 g/mol. The lowest BCUT2D eigenvalue weighted by atomic mass is 10.1. The van der Waals surface area contributed by atoms with Crippen LogP contribution in [0.15, 0.2) is 35.7 Å². The molecule has 1 N–H and O–H groups in total. The Morgan fingerprint density at radius 1 is 1.35 bits per heavy atom. The molecule has 2 aromatic heterocycles. The lowest BCUT2D eigenvalue weighted by Gasteiger charge is -2.15. The van der Waals surface area contributed by atoms with E-state index < -0.39 is 0 Å². The van der Waals surface area contributed by atoms with E-state index in [1.54, 1.807) is 22.7 Å². The Hall–Kier alpha value is -1.10. The molecule has 1 aromatic carbocycles. The van der Waals surface area contributed by atoms with Gasteiger partial charge in [-0.2, -0.15) is 0 Å². The van der Waals surface area contributed by atoms with Crippen molar-refractivity contribution in [3.05, 3.63) is 45.6 Å². The number of rotatable bonds is 5. The molecule has 2 nitrogen and oxygen atoms in total. The van der Waals surface area contributed by atoms with Crippen LogP contribution in [0.4, 0.5) is 5.13 Å². The van der Waals surface area contributed by atoms with E-state index in [-0.39, 0.29) is 0 Å². The highest BCUT2D eigenvalue weighted by molar-refractivity contribution is 7.22. The first-order valence-corrected chi connectivity index (χ1v) is 8.69. The minimum absolute atomic E-state index is 0.344. The fourth-order valence-corrected chi connectivity index (χ4v) is 4.18. The molecular formula is C15H15ClN2S2. The molecule has 0 radical (unpaired) electrons. The normalized spacial score (nSPS) is 12.7. The van der Waals surface area contributed by atoms with Gasteiger partial charge in [-0.05, 0) is 36.1 Å². The lowest BCUT2D eigenvalue weighted by Crippen LogP contribution is -2.08. The Labute approximate surface area is 131 Å². The summed E-state index contributed by atoms with van der Waals surface area (Å²) in [6.07, 6.45) is 2.25. The number of thiazole rings is 1. The third kappa shape index (κ3) is 2.97. The zero-order valence-corrected chi connectivity index (χ0v) is 13.5. The molecule has 0 fully saturated rings. The van der Waals surface area contributed by atoms with E-state index in [9.17, 15) is 0 Å². The van der Waals surface area contributed by atoms with Crippen LogP contribution in [0, 0.1) is 0 Å². The van der Waals surface area contributed by atoms with Crippen molar-refractivity contribution < 1.29 is 0 Å². The van der Waals surface area contributed by atoms with Crippen molar-refractivity contribution in [1.82, 2.24) is 4.98 Å². The first-order chi connectivity index (χ1) is 9.76. The van der Waals surface area contributed by atoms with E-state index in [4.69, 9.17) is 11.6 Å². The number of hydrogen-bond donors (Lipinski definition) is 1. The van der Waals surface area contributed by atoms with Gasteiger partial charge in [-0.25, -0.2) is 4.98 Å². The molecule has 1 atom stereocenters. The third-order valence-corrected chi connectivity index (χ3v) is 5.28. The predicted octanol–water partition coefficient (Wildman–Crippen LogP) is 5.96. The zero-order chi connectivity index (χ0) is 13.9. The molecule has 5 heteroatoms. The summed E-state index contributed by atoms with van der Waals surface area (Å²) in [6.45, 7) is 2.21. The molecule has 104 valence electrons. The van der Waals surface area contributed by atoms with Gasteiger partial charge in [0.05, 0.1) is 16.3 Å². The zero-order valence-electron chi connectivity index (χ0n) is 11.1. The fourth-order valence-electron chi connectivity index (χ4n) is 2.17. The summed E-state index contributed by atoms with van der Waals surface area (Å²) in [4.78, 5) is 6.00. The summed E-state index contributed by atoms with van der Waals surface area (Å²) in [5, 5.41) is 7.42. The van der Waals surface area contributed by atoms with Crippen molar-refractivity contribution in [2.45, 2.75) is 25.8 Å². The van der Waals surface area contributed by atoms with Gasteiger partial charge in [0, 0.05) is 9.90 Å². The highest BCUT2D eigenvalue weighted by Crippen LogP contribution is 2.33. The maximum Gasteiger partial charge on any atom is 0.184 e. The highest BCUT2D eigenvalue weighted by atomic mass is 35.5. The number of nitrogens with zero attached hydrogens (tertiary/aromatic N) is 1. The Kier molecular flexibility index (Phi) is 4.24. The number of fused-ring (bicyclic) bond motifs is 1. The Morgan fingerprint density at radius 2 is 2.25 bits per heavy atom. The minimum Gasteiger partial charge on any atom is -0.354 e. The van der Waals surface area contributed by atoms with Gasteiger partial charge >= 0.3 is 0 Å². The molecule has 0 aliphatic heterocycles. The number of hydrogen-bond acceptors (Lipinski definition) is 4. The van der Waals surface area contributed by atoms with Crippen molar-refractivity contribution >= 4 is 49.6 Å². The van der Waals surface area contributed by atoms with E-state index in [2.05, 4.69) is 34.7 Å². The van der Waals surface area contributed by atoms with E-state index in [1.807, 2.05) is 18.2 Å². The highest BCUT2D eigenvalue weighted by Gasteiger charge is 2.14. The number of nitrogens with one attached hydrogen (secondary N) is 1. The second kappa shape index (κ2) is 6.12. The van der Waals surface area contributed by atoms with Gasteiger partial charge in [-0.15, -0.1) is 11.3 Å². The van der Waals surface area contributed by atoms with Gasteiger partial charge in [0.2, 0.25) is 0 Å². The number of halogens is 1. The molecule has 0 bridgehead atoms. The number of anilines is 1. The van der Waals surface area contributed by atoms with Gasteiger partial charge in [-0.3, -0.25) is 0 Å². The Balaban J connectivity index is 1.86. The molecule has 3 aromatic rings. The first-order valence-electron chi connectivity index (χ1n) is 6.62. The van der Waals surface area contributed by atoms with Crippen LogP contribution in [0.25, 0.3) is 10.2 Å². The predicted molar refractivity (Wildman–Crippen MR) is 90.2 cm³/mol. The molecule has 3 rings (SSSR count). The molecule has 0 spiro atoms. The Morgan fingerprint density at radius 3 is 3.00 bits per heavy atom. The summed E-state index contributed by atoms with van der Waals surface area (Å²) >= 11 is 9.48. The molecule has 0 saturated carbocycles. The first kappa shape index (κ1) is 13.9. The standard InChI is InChI=1S/C15H15ClN2S2/c1-2-4-11(13-5-3-8-19-13)17-15-18-12-7-6-10(16)9-14(12)20-15/h3,5-9,11H,2,4H2,1H3,(H,17,18). The van der Waals surface area contributed by atoms with Gasteiger partial charge in [-0.1, -0.05) is 42.3 Å². The maximum absolute atomic E-state index is 6.02. The van der Waals surface area contributed by atoms with Crippen molar-refractivity contribution in [1.29, 1.82) is 0 Å². The largest absolute Gasteiger partial charge is 0.354 e. The van der Waals surface area contributed by atoms with Crippen LogP contribution in [0.3, 0.4) is 0 Å². The molecule has 20 heavy (non-hydrogen) atoms. The monoisotopic (exact) mass is 322 g/mol. The van der Waals surface area contributed by atoms with Crippen molar-refractivity contribution in [3.63, 3.8) is 0 Å². The average Bonchev–Trinajstić information content (AvgIpc) is 3.06. The van der Waals surface area contributed by atoms with Crippen molar-refractivity contribution in [3.8, 4) is 0 Å². The molecule has 2 heterocycles. The second-order valence-electron chi connectivity index (χ2n) is 4.63. The van der Waals surface area contributed by atoms with Gasteiger partial charge < -0.3 is 5.32 Å². The van der Waals surface area contributed by atoms with Crippen LogP contribution < -0.4 is 5.32 Å². The SMILES string of the molecule is CCCC(Nc1nc2ccc(Cl)cc2s1)c1cccs1. The summed E-state index contributed by atoms with van der Waals surface area (Å²) in [6, 6.07) is 10.5. The van der Waals surface area contributed by atoms with Crippen molar-refractivity contribution in [2.24, 2.45) is 0 Å². The molecule has 0 aliphatic carbocycles.